The number of nitrogens with zero attached hydrogens (tertiary/aromatic N) is 5. The average molecular weight is 629 g/mol. The number of thioether (sulfide) groups is 1. The molecule has 0 spiro atoms. The SMILES string of the molecule is COC(C)c1ccc(C)cc1N1C(=O)CS/C1=N\C(=O)Nc1ccc(-c2ncn(-c3ccc(C(F)(F)F)cc3)n2)cc1Cl. The van der Waals surface area contributed by atoms with Crippen LogP contribution in [0, 0.1) is 6.92 Å². The summed E-state index contributed by atoms with van der Waals surface area (Å²) in [6, 6.07) is 14.2. The summed E-state index contributed by atoms with van der Waals surface area (Å²) >= 11 is 7.59. The van der Waals surface area contributed by atoms with Gasteiger partial charge in [0.05, 0.1) is 39.5 Å². The molecule has 4 aromatic rings. The molecule has 0 bridgehead atoms. The Hall–Kier alpha value is -4.20. The zero-order valence-electron chi connectivity index (χ0n) is 23.0. The van der Waals surface area contributed by atoms with Gasteiger partial charge in [-0.05, 0) is 67.9 Å². The standard InChI is InChI=1S/C29H24ClF3N6O3S/c1-16-4-10-21(17(2)42-3)24(12-16)39-25(40)14-43-28(39)36-27(41)35-23-11-5-18(13-22(23)30)26-34-15-38(37-26)20-8-6-19(7-9-20)29(31,32)33/h4-13,15,17H,14H2,1-3H3,(H,35,41)/b36-28-. The molecule has 14 heteroatoms. The Morgan fingerprint density at radius 1 is 1.14 bits per heavy atom. The second-order valence-corrected chi connectivity index (χ2v) is 10.9. The number of ether oxygens (including phenoxy) is 1. The first-order valence-corrected chi connectivity index (χ1v) is 14.2. The first kappa shape index (κ1) is 30.3. The van der Waals surface area contributed by atoms with Gasteiger partial charge in [0.15, 0.2) is 11.0 Å². The van der Waals surface area contributed by atoms with Crippen LogP contribution in [-0.4, -0.2) is 44.7 Å². The minimum atomic E-state index is -4.44. The van der Waals surface area contributed by atoms with E-state index in [9.17, 15) is 22.8 Å². The first-order valence-electron chi connectivity index (χ1n) is 12.8. The molecule has 1 fully saturated rings. The van der Waals surface area contributed by atoms with Gasteiger partial charge >= 0.3 is 12.2 Å². The molecule has 2 heterocycles. The highest BCUT2D eigenvalue weighted by atomic mass is 35.5. The normalized spacial score (nSPS) is 15.3. The molecule has 43 heavy (non-hydrogen) atoms. The second-order valence-electron chi connectivity index (χ2n) is 9.53. The molecular weight excluding hydrogens is 605 g/mol. The molecule has 3 aromatic carbocycles. The molecule has 0 aliphatic carbocycles. The van der Waals surface area contributed by atoms with Crippen LogP contribution in [0.1, 0.15) is 29.7 Å². The van der Waals surface area contributed by atoms with Gasteiger partial charge in [0, 0.05) is 18.2 Å². The number of aryl methyl sites for hydroxylation is 1. The van der Waals surface area contributed by atoms with Crippen molar-refractivity contribution in [1.29, 1.82) is 0 Å². The van der Waals surface area contributed by atoms with E-state index < -0.39 is 17.8 Å². The molecule has 1 N–H and O–H groups in total. The van der Waals surface area contributed by atoms with Gasteiger partial charge in [-0.15, -0.1) is 5.10 Å². The molecule has 1 atom stereocenters. The van der Waals surface area contributed by atoms with Gasteiger partial charge in [-0.1, -0.05) is 35.5 Å². The molecule has 9 nitrogen and oxygen atoms in total. The Kier molecular flexibility index (Phi) is 8.58. The van der Waals surface area contributed by atoms with Gasteiger partial charge in [-0.3, -0.25) is 9.69 Å². The van der Waals surface area contributed by atoms with Crippen LogP contribution in [0.15, 0.2) is 72.0 Å². The highest BCUT2D eigenvalue weighted by Gasteiger charge is 2.33. The van der Waals surface area contributed by atoms with E-state index in [-0.39, 0.29) is 39.5 Å². The number of hydrogen-bond donors (Lipinski definition) is 1. The third-order valence-electron chi connectivity index (χ3n) is 6.60. The molecule has 0 radical (unpaired) electrons. The fourth-order valence-corrected chi connectivity index (χ4v) is 5.39. The number of rotatable bonds is 6. The summed E-state index contributed by atoms with van der Waals surface area (Å²) in [7, 11) is 1.58. The zero-order valence-corrected chi connectivity index (χ0v) is 24.6. The van der Waals surface area contributed by atoms with Crippen LogP contribution in [0.3, 0.4) is 0 Å². The molecule has 1 saturated heterocycles. The largest absolute Gasteiger partial charge is 0.416 e. The van der Waals surface area contributed by atoms with Crippen molar-refractivity contribution in [3.05, 3.63) is 88.7 Å². The number of hydrogen-bond acceptors (Lipinski definition) is 6. The maximum absolute atomic E-state index is 12.9. The van der Waals surface area contributed by atoms with Crippen LogP contribution >= 0.6 is 23.4 Å². The van der Waals surface area contributed by atoms with Crippen molar-refractivity contribution in [1.82, 2.24) is 14.8 Å². The van der Waals surface area contributed by atoms with Crippen LogP contribution in [0.4, 0.5) is 29.3 Å². The van der Waals surface area contributed by atoms with Crippen LogP contribution in [0.5, 0.6) is 0 Å². The Labute approximate surface area is 253 Å². The molecule has 1 aliphatic rings. The van der Waals surface area contributed by atoms with E-state index in [1.807, 2.05) is 32.0 Å². The Balaban J connectivity index is 1.33. The fraction of sp³-hybridized carbons (Fsp3) is 0.207. The van der Waals surface area contributed by atoms with Crippen LogP contribution in [0.25, 0.3) is 17.1 Å². The summed E-state index contributed by atoms with van der Waals surface area (Å²) in [5.41, 5.74) is 2.73. The minimum absolute atomic E-state index is 0.127. The number of urea groups is 1. The Bertz CT molecular complexity index is 1730. The summed E-state index contributed by atoms with van der Waals surface area (Å²) < 4.78 is 45.4. The van der Waals surface area contributed by atoms with E-state index in [2.05, 4.69) is 20.4 Å². The lowest BCUT2D eigenvalue weighted by molar-refractivity contribution is -0.137. The van der Waals surface area contributed by atoms with Gasteiger partial charge in [0.2, 0.25) is 5.91 Å². The molecule has 5 rings (SSSR count). The van der Waals surface area contributed by atoms with Crippen molar-refractivity contribution in [2.45, 2.75) is 26.1 Å². The number of aliphatic imine (C=N–C) groups is 1. The highest BCUT2D eigenvalue weighted by Crippen LogP contribution is 2.35. The summed E-state index contributed by atoms with van der Waals surface area (Å²) in [4.78, 5) is 35.6. The second kappa shape index (κ2) is 12.2. The molecule has 0 saturated carbocycles. The number of benzene rings is 3. The maximum atomic E-state index is 12.9. The van der Waals surface area contributed by atoms with Gasteiger partial charge in [0.1, 0.15) is 6.33 Å². The number of carbonyl (C=O) groups excluding carboxylic acids is 2. The third kappa shape index (κ3) is 6.58. The fourth-order valence-electron chi connectivity index (χ4n) is 4.31. The quantitative estimate of drug-likeness (QED) is 0.241. The van der Waals surface area contributed by atoms with E-state index in [1.165, 1.54) is 28.0 Å². The smallest absolute Gasteiger partial charge is 0.377 e. The number of nitrogens with one attached hydrogen (secondary N) is 1. The first-order chi connectivity index (χ1) is 20.4. The van der Waals surface area contributed by atoms with E-state index in [1.54, 1.807) is 25.3 Å². The maximum Gasteiger partial charge on any atom is 0.416 e. The number of amides is 3. The van der Waals surface area contributed by atoms with Crippen molar-refractivity contribution in [3.63, 3.8) is 0 Å². The molecule has 1 aliphatic heterocycles. The predicted molar refractivity (Wildman–Crippen MR) is 160 cm³/mol. The molecule has 3 amide bonds. The molecule has 1 unspecified atom stereocenters. The molecule has 222 valence electrons. The Morgan fingerprint density at radius 2 is 1.88 bits per heavy atom. The minimum Gasteiger partial charge on any atom is -0.377 e. The van der Waals surface area contributed by atoms with Crippen LogP contribution < -0.4 is 10.2 Å². The summed E-state index contributed by atoms with van der Waals surface area (Å²) in [5.74, 6) is 0.190. The molecular formula is C29H24ClF3N6O3S. The van der Waals surface area contributed by atoms with Crippen LogP contribution in [0.2, 0.25) is 5.02 Å². The highest BCUT2D eigenvalue weighted by molar-refractivity contribution is 8.15. The Morgan fingerprint density at radius 3 is 2.56 bits per heavy atom. The van der Waals surface area contributed by atoms with Crippen molar-refractivity contribution in [2.24, 2.45) is 4.99 Å². The summed E-state index contributed by atoms with van der Waals surface area (Å²) in [6.45, 7) is 3.77. The summed E-state index contributed by atoms with van der Waals surface area (Å²) in [6.07, 6.45) is -3.36. The van der Waals surface area contributed by atoms with Gasteiger partial charge in [0.25, 0.3) is 0 Å². The number of anilines is 2. The van der Waals surface area contributed by atoms with Gasteiger partial charge in [-0.25, -0.2) is 14.5 Å². The van der Waals surface area contributed by atoms with Crippen molar-refractivity contribution >= 4 is 51.8 Å². The topological polar surface area (TPSA) is 102 Å². The lowest BCUT2D eigenvalue weighted by Gasteiger charge is -2.23. The predicted octanol–water partition coefficient (Wildman–Crippen LogP) is 7.29. The van der Waals surface area contributed by atoms with Crippen molar-refractivity contribution in [3.8, 4) is 17.1 Å². The van der Waals surface area contributed by atoms with E-state index in [0.29, 0.717) is 16.9 Å². The van der Waals surface area contributed by atoms with Gasteiger partial charge < -0.3 is 10.1 Å². The number of carbonyl (C=O) groups is 2. The molecule has 1 aromatic heterocycles. The van der Waals surface area contributed by atoms with E-state index >= 15 is 0 Å². The zero-order chi connectivity index (χ0) is 30.9. The average Bonchev–Trinajstić information content (AvgIpc) is 3.60. The third-order valence-corrected chi connectivity index (χ3v) is 7.84. The van der Waals surface area contributed by atoms with Crippen molar-refractivity contribution in [2.75, 3.05) is 23.1 Å². The van der Waals surface area contributed by atoms with Crippen LogP contribution in [-0.2, 0) is 15.7 Å². The lowest BCUT2D eigenvalue weighted by atomic mass is 10.0. The van der Waals surface area contributed by atoms with Gasteiger partial charge in [-0.2, -0.15) is 18.2 Å². The van der Waals surface area contributed by atoms with Crippen molar-refractivity contribution < 1.29 is 27.5 Å². The lowest BCUT2D eigenvalue weighted by Crippen LogP contribution is -2.31. The number of amidine groups is 1. The number of halogens is 4. The number of aromatic nitrogens is 3. The number of alkyl halides is 3. The summed E-state index contributed by atoms with van der Waals surface area (Å²) in [5, 5.41) is 7.37. The van der Waals surface area contributed by atoms with E-state index in [4.69, 9.17) is 16.3 Å². The number of methoxy groups -OCH3 is 1. The van der Waals surface area contributed by atoms with E-state index in [0.717, 1.165) is 35.0 Å². The monoisotopic (exact) mass is 628 g/mol.